The van der Waals surface area contributed by atoms with Gasteiger partial charge in [0, 0.05) is 5.39 Å². The molecular weight excluding hydrogens is 279 g/mol. The Morgan fingerprint density at radius 1 is 1.05 bits per heavy atom. The largest absolute Gasteiger partial charge is 0.488 e. The number of halogens is 3. The van der Waals surface area contributed by atoms with Crippen LogP contribution in [0.3, 0.4) is 0 Å². The van der Waals surface area contributed by atoms with Crippen molar-refractivity contribution < 1.29 is 17.9 Å². The minimum atomic E-state index is -4.45. The molecule has 21 heavy (non-hydrogen) atoms. The topological polar surface area (TPSA) is 35.2 Å². The van der Waals surface area contributed by atoms with Crippen LogP contribution in [0.5, 0.6) is 5.75 Å². The molecule has 5 heteroatoms. The molecule has 0 radical (unpaired) electrons. The van der Waals surface area contributed by atoms with Gasteiger partial charge in [0.15, 0.2) is 0 Å². The second kappa shape index (κ2) is 5.22. The molecule has 2 nitrogen and oxygen atoms in total. The van der Waals surface area contributed by atoms with E-state index < -0.39 is 12.2 Å². The van der Waals surface area contributed by atoms with Crippen molar-refractivity contribution in [2.24, 2.45) is 5.73 Å². The van der Waals surface area contributed by atoms with Crippen molar-refractivity contribution in [2.75, 3.05) is 0 Å². The molecule has 0 saturated heterocycles. The Bertz CT molecular complexity index is 644. The van der Waals surface area contributed by atoms with Gasteiger partial charge in [0.1, 0.15) is 17.4 Å². The van der Waals surface area contributed by atoms with Crippen LogP contribution in [0.4, 0.5) is 13.2 Å². The van der Waals surface area contributed by atoms with E-state index in [9.17, 15) is 13.2 Å². The fraction of sp³-hybridized carbons (Fsp3) is 0.375. The molecule has 1 atom stereocenters. The van der Waals surface area contributed by atoms with Gasteiger partial charge >= 0.3 is 6.18 Å². The van der Waals surface area contributed by atoms with Crippen LogP contribution < -0.4 is 10.5 Å². The fourth-order valence-corrected chi connectivity index (χ4v) is 2.07. The molecule has 0 saturated carbocycles. The summed E-state index contributed by atoms with van der Waals surface area (Å²) in [6.07, 6.45) is -4.45. The van der Waals surface area contributed by atoms with Gasteiger partial charge in [-0.25, -0.2) is 0 Å². The fourth-order valence-electron chi connectivity index (χ4n) is 2.07. The second-order valence-electron chi connectivity index (χ2n) is 5.97. The summed E-state index contributed by atoms with van der Waals surface area (Å²) in [5, 5.41) is 1.44. The lowest BCUT2D eigenvalue weighted by molar-refractivity contribution is -0.149. The highest BCUT2D eigenvalue weighted by molar-refractivity contribution is 5.89. The van der Waals surface area contributed by atoms with Gasteiger partial charge in [-0.1, -0.05) is 24.3 Å². The van der Waals surface area contributed by atoms with Crippen LogP contribution in [0, 0.1) is 0 Å². The molecule has 0 amide bonds. The first-order valence-electron chi connectivity index (χ1n) is 6.62. The second-order valence-corrected chi connectivity index (χ2v) is 5.97. The van der Waals surface area contributed by atoms with Gasteiger partial charge in [-0.3, -0.25) is 0 Å². The Morgan fingerprint density at radius 3 is 2.29 bits per heavy atom. The Morgan fingerprint density at radius 2 is 1.71 bits per heavy atom. The molecule has 0 heterocycles. The van der Waals surface area contributed by atoms with Crippen LogP contribution in [-0.2, 0) is 0 Å². The highest BCUT2D eigenvalue weighted by atomic mass is 19.4. The SMILES string of the molecule is CC(C)(C)Oc1cccc2cc([C@H](N)C(F)(F)F)ccc12. The molecule has 114 valence electrons. The van der Waals surface area contributed by atoms with Crippen molar-refractivity contribution in [3.8, 4) is 5.75 Å². The van der Waals surface area contributed by atoms with E-state index in [1.165, 1.54) is 12.1 Å². The third kappa shape index (κ3) is 3.67. The molecule has 0 fully saturated rings. The molecule has 2 aromatic rings. The molecule has 2 rings (SSSR count). The van der Waals surface area contributed by atoms with Crippen LogP contribution in [0.15, 0.2) is 36.4 Å². The summed E-state index contributed by atoms with van der Waals surface area (Å²) in [6.45, 7) is 5.75. The van der Waals surface area contributed by atoms with Crippen molar-refractivity contribution in [3.63, 3.8) is 0 Å². The minimum Gasteiger partial charge on any atom is -0.488 e. The molecule has 2 aromatic carbocycles. The van der Waals surface area contributed by atoms with Crippen molar-refractivity contribution in [2.45, 2.75) is 38.6 Å². The average Bonchev–Trinajstić information content (AvgIpc) is 2.34. The van der Waals surface area contributed by atoms with Crippen LogP contribution in [0.1, 0.15) is 32.4 Å². The van der Waals surface area contributed by atoms with Gasteiger partial charge in [-0.05, 0) is 43.9 Å². The number of alkyl halides is 3. The van der Waals surface area contributed by atoms with Crippen molar-refractivity contribution >= 4 is 10.8 Å². The van der Waals surface area contributed by atoms with E-state index in [1.807, 2.05) is 20.8 Å². The number of rotatable bonds is 2. The lowest BCUT2D eigenvalue weighted by atomic mass is 10.0. The molecule has 0 aliphatic carbocycles. The third-order valence-corrected chi connectivity index (χ3v) is 2.99. The Kier molecular flexibility index (Phi) is 3.89. The Hall–Kier alpha value is -1.75. The monoisotopic (exact) mass is 297 g/mol. The van der Waals surface area contributed by atoms with Crippen molar-refractivity contribution in [1.82, 2.24) is 0 Å². The van der Waals surface area contributed by atoms with Crippen LogP contribution in [0.25, 0.3) is 10.8 Å². The summed E-state index contributed by atoms with van der Waals surface area (Å²) in [6, 6.07) is 7.81. The summed E-state index contributed by atoms with van der Waals surface area (Å²) in [5.74, 6) is 0.645. The van der Waals surface area contributed by atoms with E-state index in [0.29, 0.717) is 11.1 Å². The Labute approximate surface area is 121 Å². The van der Waals surface area contributed by atoms with Crippen molar-refractivity contribution in [3.05, 3.63) is 42.0 Å². The summed E-state index contributed by atoms with van der Waals surface area (Å²) in [7, 11) is 0. The number of fused-ring (bicyclic) bond motifs is 1. The predicted octanol–water partition coefficient (Wildman–Crippen LogP) is 4.58. The van der Waals surface area contributed by atoms with Gasteiger partial charge in [-0.15, -0.1) is 0 Å². The summed E-state index contributed by atoms with van der Waals surface area (Å²) in [5.41, 5.74) is 4.91. The number of hydrogen-bond donors (Lipinski definition) is 1. The summed E-state index contributed by atoms with van der Waals surface area (Å²) < 4.78 is 43.9. The molecule has 0 aliphatic rings. The predicted molar refractivity (Wildman–Crippen MR) is 77.3 cm³/mol. The molecule has 0 unspecified atom stereocenters. The van der Waals surface area contributed by atoms with Gasteiger partial charge in [0.25, 0.3) is 0 Å². The molecule has 0 aromatic heterocycles. The van der Waals surface area contributed by atoms with Crippen LogP contribution in [0.2, 0.25) is 0 Å². The third-order valence-electron chi connectivity index (χ3n) is 2.99. The number of hydrogen-bond acceptors (Lipinski definition) is 2. The highest BCUT2D eigenvalue weighted by Gasteiger charge is 2.37. The Balaban J connectivity index is 2.47. The number of ether oxygens (including phenoxy) is 1. The first kappa shape index (κ1) is 15.6. The maximum atomic E-state index is 12.7. The van der Waals surface area contributed by atoms with Gasteiger partial charge in [-0.2, -0.15) is 13.2 Å². The van der Waals surface area contributed by atoms with E-state index in [2.05, 4.69) is 0 Å². The first-order chi connectivity index (χ1) is 9.58. The van der Waals surface area contributed by atoms with Crippen LogP contribution >= 0.6 is 0 Å². The van der Waals surface area contributed by atoms with Gasteiger partial charge in [0.05, 0.1) is 0 Å². The van der Waals surface area contributed by atoms with Gasteiger partial charge in [0.2, 0.25) is 0 Å². The van der Waals surface area contributed by atoms with E-state index in [-0.39, 0.29) is 11.2 Å². The lowest BCUT2D eigenvalue weighted by Crippen LogP contribution is -2.28. The van der Waals surface area contributed by atoms with E-state index in [4.69, 9.17) is 10.5 Å². The highest BCUT2D eigenvalue weighted by Crippen LogP contribution is 2.34. The molecule has 0 bridgehead atoms. The lowest BCUT2D eigenvalue weighted by Gasteiger charge is -2.23. The summed E-state index contributed by atoms with van der Waals surface area (Å²) >= 11 is 0. The molecule has 2 N–H and O–H groups in total. The number of nitrogens with two attached hydrogens (primary N) is 1. The maximum Gasteiger partial charge on any atom is 0.407 e. The quantitative estimate of drug-likeness (QED) is 0.880. The zero-order valence-electron chi connectivity index (χ0n) is 12.2. The van der Waals surface area contributed by atoms with E-state index in [1.54, 1.807) is 24.3 Å². The minimum absolute atomic E-state index is 0.0444. The first-order valence-corrected chi connectivity index (χ1v) is 6.62. The molecular formula is C16H18F3NO. The number of benzene rings is 2. The van der Waals surface area contributed by atoms with E-state index in [0.717, 1.165) is 5.39 Å². The zero-order valence-corrected chi connectivity index (χ0v) is 12.2. The summed E-state index contributed by atoms with van der Waals surface area (Å²) in [4.78, 5) is 0. The van der Waals surface area contributed by atoms with Crippen molar-refractivity contribution in [1.29, 1.82) is 0 Å². The van der Waals surface area contributed by atoms with Gasteiger partial charge < -0.3 is 10.5 Å². The maximum absolute atomic E-state index is 12.7. The average molecular weight is 297 g/mol. The smallest absolute Gasteiger partial charge is 0.407 e. The standard InChI is InChI=1S/C16H18F3NO/c1-15(2,3)21-13-6-4-5-10-9-11(7-8-12(10)13)14(20)16(17,18)19/h4-9,14H,20H2,1-3H3/t14-/m0/s1. The van der Waals surface area contributed by atoms with E-state index >= 15 is 0 Å². The van der Waals surface area contributed by atoms with Crippen LogP contribution in [-0.4, -0.2) is 11.8 Å². The molecule has 0 aliphatic heterocycles. The molecule has 0 spiro atoms. The zero-order chi connectivity index (χ0) is 15.8. The normalized spacial score (nSPS) is 14.2.